The van der Waals surface area contributed by atoms with E-state index in [2.05, 4.69) is 177 Å². The highest BCUT2D eigenvalue weighted by molar-refractivity contribution is 6.30. The third-order valence-electron chi connectivity index (χ3n) is 11.9. The minimum Gasteiger partial charge on any atom is -0.456 e. The van der Waals surface area contributed by atoms with Crippen molar-refractivity contribution in [2.24, 2.45) is 0 Å². The topological polar surface area (TPSA) is 71.7 Å². The number of pyridine rings is 2. The number of hydrogen-bond donors (Lipinski definition) is 0. The van der Waals surface area contributed by atoms with Gasteiger partial charge in [0.25, 0.3) is 0 Å². The van der Waals surface area contributed by atoms with Crippen LogP contribution in [0.5, 0.6) is 0 Å². The Bertz CT molecular complexity index is 3600. The fourth-order valence-electron chi connectivity index (χ4n) is 9.39. The van der Waals surface area contributed by atoms with E-state index in [1.807, 2.05) is 24.3 Å². The van der Waals surface area contributed by atoms with Crippen LogP contribution in [-0.4, -0.2) is 9.97 Å². The van der Waals surface area contributed by atoms with Gasteiger partial charge in [0.15, 0.2) is 11.2 Å². The molecule has 61 heavy (non-hydrogen) atoms. The molecule has 0 bridgehead atoms. The van der Waals surface area contributed by atoms with Crippen molar-refractivity contribution in [1.29, 1.82) is 0 Å². The zero-order valence-corrected chi connectivity index (χ0v) is 32.5. The molecule has 0 radical (unpaired) electrons. The zero-order chi connectivity index (χ0) is 40.0. The van der Waals surface area contributed by atoms with Crippen LogP contribution in [0.4, 0.5) is 34.1 Å². The molecule has 0 saturated carbocycles. The van der Waals surface area contributed by atoms with E-state index in [1.54, 1.807) is 12.4 Å². The lowest BCUT2D eigenvalue weighted by Crippen LogP contribution is -2.11. The molecule has 0 saturated heterocycles. The second-order valence-electron chi connectivity index (χ2n) is 15.3. The Labute approximate surface area is 347 Å². The van der Waals surface area contributed by atoms with Crippen LogP contribution in [0.15, 0.2) is 208 Å². The minimum atomic E-state index is 0.607. The van der Waals surface area contributed by atoms with Crippen molar-refractivity contribution in [3.05, 3.63) is 194 Å². The van der Waals surface area contributed by atoms with E-state index >= 15 is 0 Å². The lowest BCUT2D eigenvalue weighted by atomic mass is 9.96. The van der Waals surface area contributed by atoms with Gasteiger partial charge in [-0.25, -0.2) is 9.97 Å². The molecule has 13 aromatic rings. The Morgan fingerprint density at radius 2 is 0.705 bits per heavy atom. The number of rotatable bonds is 6. The molecule has 0 N–H and O–H groups in total. The van der Waals surface area contributed by atoms with Gasteiger partial charge in [0.2, 0.25) is 11.4 Å². The summed E-state index contributed by atoms with van der Waals surface area (Å²) < 4.78 is 20.3. The van der Waals surface area contributed by atoms with E-state index in [9.17, 15) is 0 Å². The number of para-hydroxylation sites is 4. The average Bonchev–Trinajstić information content (AvgIpc) is 4.02. The summed E-state index contributed by atoms with van der Waals surface area (Å²) in [5, 5.41) is 10.4. The summed E-state index contributed by atoms with van der Waals surface area (Å²) in [4.78, 5) is 13.7. The Hall–Kier alpha value is -8.42. The Morgan fingerprint density at radius 1 is 0.311 bits per heavy atom. The van der Waals surface area contributed by atoms with Crippen molar-refractivity contribution in [3.8, 4) is 0 Å². The summed E-state index contributed by atoms with van der Waals surface area (Å²) in [5.41, 5.74) is 10.0. The van der Waals surface area contributed by atoms with Gasteiger partial charge in [0, 0.05) is 79.0 Å². The fraction of sp³-hybridized carbons (Fsp3) is 0. The standard InChI is InChI=1S/C54H32N4O3/c1-3-15-33(16-4-1)57(43-27-11-23-39-41-25-13-29-55-53(41)60-51(39)43)45-31-47-49(37-21-9-7-19-35(37)45)50-38-22-10-8-20-36(38)46(32-48(50)59-47)58(34-17-5-2-6-18-34)44-28-12-24-40-42-26-14-30-56-54(42)61-52(40)44/h1-32H. The van der Waals surface area contributed by atoms with E-state index in [4.69, 9.17) is 13.3 Å². The predicted octanol–water partition coefficient (Wildman–Crippen LogP) is 15.4. The van der Waals surface area contributed by atoms with Crippen LogP contribution in [0.3, 0.4) is 0 Å². The molecule has 5 aromatic heterocycles. The van der Waals surface area contributed by atoms with Crippen LogP contribution in [0, 0.1) is 0 Å². The van der Waals surface area contributed by atoms with Gasteiger partial charge in [0.1, 0.15) is 11.2 Å². The van der Waals surface area contributed by atoms with Crippen LogP contribution in [0.25, 0.3) is 87.6 Å². The largest absolute Gasteiger partial charge is 0.456 e. The monoisotopic (exact) mass is 784 g/mol. The highest BCUT2D eigenvalue weighted by Crippen LogP contribution is 2.51. The lowest BCUT2D eigenvalue weighted by Gasteiger charge is -2.27. The molecule has 8 aromatic carbocycles. The maximum absolute atomic E-state index is 7.14. The molecular weight excluding hydrogens is 753 g/mol. The second kappa shape index (κ2) is 13.0. The first kappa shape index (κ1) is 33.5. The molecule has 0 atom stereocenters. The minimum absolute atomic E-state index is 0.607. The Kier molecular flexibility index (Phi) is 7.17. The van der Waals surface area contributed by atoms with Crippen LogP contribution in [0.1, 0.15) is 0 Å². The summed E-state index contributed by atoms with van der Waals surface area (Å²) in [5.74, 6) is 0. The average molecular weight is 785 g/mol. The number of nitrogens with zero attached hydrogens (tertiary/aromatic N) is 4. The first-order valence-electron chi connectivity index (χ1n) is 20.3. The highest BCUT2D eigenvalue weighted by Gasteiger charge is 2.27. The van der Waals surface area contributed by atoms with Crippen LogP contribution in [0.2, 0.25) is 0 Å². The van der Waals surface area contributed by atoms with Crippen molar-refractivity contribution in [2.45, 2.75) is 0 Å². The molecule has 0 spiro atoms. The van der Waals surface area contributed by atoms with Gasteiger partial charge in [-0.05, 0) is 71.4 Å². The van der Waals surface area contributed by atoms with Gasteiger partial charge < -0.3 is 23.1 Å². The Balaban J connectivity index is 1.11. The van der Waals surface area contributed by atoms with Gasteiger partial charge >= 0.3 is 0 Å². The van der Waals surface area contributed by atoms with Gasteiger partial charge in [-0.1, -0.05) is 109 Å². The molecule has 13 rings (SSSR count). The molecule has 7 heteroatoms. The fourth-order valence-corrected chi connectivity index (χ4v) is 9.39. The van der Waals surface area contributed by atoms with Gasteiger partial charge in [0.05, 0.1) is 22.7 Å². The third kappa shape index (κ3) is 4.98. The molecule has 0 fully saturated rings. The Morgan fingerprint density at radius 3 is 1.16 bits per heavy atom. The SMILES string of the molecule is c1ccc(N(c2cc3oc4cc(N(c5ccccc5)c5cccc6c5oc5ncccc56)c5ccccc5c4c3c3ccccc23)c2cccc3c2oc2ncccc23)cc1. The van der Waals surface area contributed by atoms with E-state index in [1.165, 1.54) is 0 Å². The maximum atomic E-state index is 7.14. The number of aromatic nitrogens is 2. The van der Waals surface area contributed by atoms with Crippen LogP contribution in [-0.2, 0) is 0 Å². The summed E-state index contributed by atoms with van der Waals surface area (Å²) in [6, 6.07) is 63.2. The maximum Gasteiger partial charge on any atom is 0.227 e. The van der Waals surface area contributed by atoms with Gasteiger partial charge in [-0.2, -0.15) is 0 Å². The molecular formula is C54H32N4O3. The van der Waals surface area contributed by atoms with Crippen molar-refractivity contribution in [1.82, 2.24) is 9.97 Å². The number of anilines is 6. The molecule has 0 aliphatic rings. The van der Waals surface area contributed by atoms with Crippen molar-refractivity contribution in [2.75, 3.05) is 9.80 Å². The molecule has 286 valence electrons. The van der Waals surface area contributed by atoms with E-state index in [0.717, 1.165) is 110 Å². The zero-order valence-electron chi connectivity index (χ0n) is 32.5. The number of benzene rings is 8. The quantitative estimate of drug-likeness (QED) is 0.166. The van der Waals surface area contributed by atoms with Crippen LogP contribution < -0.4 is 9.80 Å². The van der Waals surface area contributed by atoms with Gasteiger partial charge in [-0.15, -0.1) is 0 Å². The van der Waals surface area contributed by atoms with Gasteiger partial charge in [-0.3, -0.25) is 0 Å². The first-order valence-corrected chi connectivity index (χ1v) is 20.3. The molecule has 0 aliphatic heterocycles. The predicted molar refractivity (Wildman–Crippen MR) is 248 cm³/mol. The van der Waals surface area contributed by atoms with Crippen molar-refractivity contribution >= 4 is 122 Å². The molecule has 0 aliphatic carbocycles. The van der Waals surface area contributed by atoms with Crippen molar-refractivity contribution < 1.29 is 13.3 Å². The summed E-state index contributed by atoms with van der Waals surface area (Å²) in [6.07, 6.45) is 3.54. The normalized spacial score (nSPS) is 11.9. The summed E-state index contributed by atoms with van der Waals surface area (Å²) >= 11 is 0. The smallest absolute Gasteiger partial charge is 0.227 e. The molecule has 0 unspecified atom stereocenters. The first-order chi connectivity index (χ1) is 30.3. The number of fused-ring (bicyclic) bond motifs is 13. The molecule has 5 heterocycles. The third-order valence-corrected chi connectivity index (χ3v) is 11.9. The summed E-state index contributed by atoms with van der Waals surface area (Å²) in [7, 11) is 0. The van der Waals surface area contributed by atoms with Crippen LogP contribution >= 0.6 is 0 Å². The highest BCUT2D eigenvalue weighted by atomic mass is 16.3. The van der Waals surface area contributed by atoms with Crippen molar-refractivity contribution in [3.63, 3.8) is 0 Å². The molecule has 0 amide bonds. The van der Waals surface area contributed by atoms with E-state index in [0.29, 0.717) is 11.4 Å². The number of hydrogen-bond acceptors (Lipinski definition) is 7. The lowest BCUT2D eigenvalue weighted by molar-refractivity contribution is 0.654. The summed E-state index contributed by atoms with van der Waals surface area (Å²) in [6.45, 7) is 0. The molecule has 7 nitrogen and oxygen atoms in total. The second-order valence-corrected chi connectivity index (χ2v) is 15.3. The van der Waals surface area contributed by atoms with E-state index in [-0.39, 0.29) is 0 Å². The number of furan rings is 3. The van der Waals surface area contributed by atoms with E-state index < -0.39 is 0 Å².